The van der Waals surface area contributed by atoms with E-state index < -0.39 is 5.97 Å². The fourth-order valence-corrected chi connectivity index (χ4v) is 2.30. The first-order chi connectivity index (χ1) is 9.20. The second-order valence-electron chi connectivity index (χ2n) is 4.77. The van der Waals surface area contributed by atoms with Crippen LogP contribution in [0.15, 0.2) is 18.2 Å². The lowest BCUT2D eigenvalue weighted by atomic mass is 9.99. The Morgan fingerprint density at radius 1 is 1.58 bits per heavy atom. The number of carbonyl (C=O) groups is 1. The van der Waals surface area contributed by atoms with Crippen molar-refractivity contribution in [2.24, 2.45) is 5.92 Å². The fourth-order valence-electron chi connectivity index (χ4n) is 2.30. The van der Waals surface area contributed by atoms with E-state index >= 15 is 0 Å². The van der Waals surface area contributed by atoms with Crippen LogP contribution in [-0.4, -0.2) is 32.7 Å². The van der Waals surface area contributed by atoms with Gasteiger partial charge in [-0.2, -0.15) is 0 Å². The Bertz CT molecular complexity index is 445. The molecule has 5 heteroatoms. The molecule has 1 unspecified atom stereocenters. The molecule has 1 atom stereocenters. The first-order valence-electron chi connectivity index (χ1n) is 6.53. The number of hydrogen-bond acceptors (Lipinski definition) is 4. The number of carbonyl (C=O) groups excluding carboxylic acids is 1. The zero-order valence-corrected chi connectivity index (χ0v) is 11.0. The van der Waals surface area contributed by atoms with Crippen molar-refractivity contribution in [3.05, 3.63) is 29.6 Å². The van der Waals surface area contributed by atoms with Gasteiger partial charge >= 0.3 is 5.97 Å². The van der Waals surface area contributed by atoms with Crippen LogP contribution in [0.5, 0.6) is 0 Å². The van der Waals surface area contributed by atoms with Crippen molar-refractivity contribution in [2.45, 2.75) is 12.8 Å². The van der Waals surface area contributed by atoms with Gasteiger partial charge in [0, 0.05) is 6.54 Å². The SMILES string of the molecule is COC(=O)c1ccc(F)cc1NCC1CCCNC1. The van der Waals surface area contributed by atoms with Crippen LogP contribution in [0, 0.1) is 11.7 Å². The van der Waals surface area contributed by atoms with Gasteiger partial charge in [0.2, 0.25) is 0 Å². The summed E-state index contributed by atoms with van der Waals surface area (Å²) < 4.78 is 18.0. The minimum atomic E-state index is -0.454. The Labute approximate surface area is 112 Å². The fraction of sp³-hybridized carbons (Fsp3) is 0.500. The summed E-state index contributed by atoms with van der Waals surface area (Å²) in [7, 11) is 1.32. The van der Waals surface area contributed by atoms with Crippen LogP contribution in [0.2, 0.25) is 0 Å². The van der Waals surface area contributed by atoms with Crippen molar-refractivity contribution in [3.8, 4) is 0 Å². The van der Waals surface area contributed by atoms with Crippen molar-refractivity contribution >= 4 is 11.7 Å². The highest BCUT2D eigenvalue weighted by atomic mass is 19.1. The van der Waals surface area contributed by atoms with Crippen molar-refractivity contribution < 1.29 is 13.9 Å². The first kappa shape index (κ1) is 13.8. The molecule has 1 aliphatic rings. The Hall–Kier alpha value is -1.62. The van der Waals surface area contributed by atoms with Gasteiger partial charge in [-0.25, -0.2) is 9.18 Å². The Balaban J connectivity index is 2.05. The highest BCUT2D eigenvalue weighted by Gasteiger charge is 2.16. The van der Waals surface area contributed by atoms with E-state index in [2.05, 4.69) is 10.6 Å². The van der Waals surface area contributed by atoms with Crippen LogP contribution in [0.4, 0.5) is 10.1 Å². The molecule has 1 aliphatic heterocycles. The summed E-state index contributed by atoms with van der Waals surface area (Å²) in [6.45, 7) is 2.74. The Morgan fingerprint density at radius 3 is 3.11 bits per heavy atom. The van der Waals surface area contributed by atoms with Crippen LogP contribution in [0.3, 0.4) is 0 Å². The largest absolute Gasteiger partial charge is 0.465 e. The summed E-state index contributed by atoms with van der Waals surface area (Å²) in [4.78, 5) is 11.6. The van der Waals surface area contributed by atoms with Gasteiger partial charge in [0.05, 0.1) is 18.4 Å². The number of benzene rings is 1. The maximum Gasteiger partial charge on any atom is 0.339 e. The number of ether oxygens (including phenoxy) is 1. The molecular weight excluding hydrogens is 247 g/mol. The zero-order valence-electron chi connectivity index (χ0n) is 11.0. The Morgan fingerprint density at radius 2 is 2.42 bits per heavy atom. The first-order valence-corrected chi connectivity index (χ1v) is 6.53. The molecule has 1 aromatic carbocycles. The van der Waals surface area contributed by atoms with Gasteiger partial charge in [0.1, 0.15) is 5.82 Å². The summed E-state index contributed by atoms with van der Waals surface area (Å²) in [6.07, 6.45) is 2.29. The normalized spacial score (nSPS) is 18.9. The van der Waals surface area contributed by atoms with E-state index in [-0.39, 0.29) is 5.82 Å². The van der Waals surface area contributed by atoms with Crippen LogP contribution < -0.4 is 10.6 Å². The van der Waals surface area contributed by atoms with Gasteiger partial charge in [0.15, 0.2) is 0 Å². The third-order valence-corrected chi connectivity index (χ3v) is 3.37. The van der Waals surface area contributed by atoms with E-state index in [0.717, 1.165) is 32.5 Å². The quantitative estimate of drug-likeness (QED) is 0.819. The predicted molar refractivity (Wildman–Crippen MR) is 71.8 cm³/mol. The van der Waals surface area contributed by atoms with Gasteiger partial charge in [-0.1, -0.05) is 0 Å². The molecule has 1 heterocycles. The molecule has 2 N–H and O–H groups in total. The zero-order chi connectivity index (χ0) is 13.7. The van der Waals surface area contributed by atoms with Crippen LogP contribution >= 0.6 is 0 Å². The number of anilines is 1. The smallest absolute Gasteiger partial charge is 0.339 e. The van der Waals surface area contributed by atoms with Crippen molar-refractivity contribution in [1.82, 2.24) is 5.32 Å². The maximum atomic E-state index is 13.3. The monoisotopic (exact) mass is 266 g/mol. The van der Waals surface area contributed by atoms with E-state index in [4.69, 9.17) is 4.74 Å². The molecule has 0 radical (unpaired) electrons. The third-order valence-electron chi connectivity index (χ3n) is 3.37. The number of nitrogens with one attached hydrogen (secondary N) is 2. The molecule has 0 amide bonds. The second kappa shape index (κ2) is 6.52. The highest BCUT2D eigenvalue weighted by molar-refractivity contribution is 5.95. The molecular formula is C14H19FN2O2. The summed E-state index contributed by atoms with van der Waals surface area (Å²) in [5.74, 6) is -0.316. The molecule has 104 valence electrons. The van der Waals surface area contributed by atoms with Crippen LogP contribution in [-0.2, 0) is 4.74 Å². The van der Waals surface area contributed by atoms with E-state index in [9.17, 15) is 9.18 Å². The number of halogens is 1. The van der Waals surface area contributed by atoms with Crippen molar-refractivity contribution in [3.63, 3.8) is 0 Å². The standard InChI is InChI=1S/C14H19FN2O2/c1-19-14(18)12-5-4-11(15)7-13(12)17-9-10-3-2-6-16-8-10/h4-5,7,10,16-17H,2-3,6,8-9H2,1H3. The molecule has 0 aromatic heterocycles. The number of rotatable bonds is 4. The predicted octanol–water partition coefficient (Wildman–Crippen LogP) is 2.02. The van der Waals surface area contributed by atoms with Gasteiger partial charge in [0.25, 0.3) is 0 Å². The molecule has 1 fully saturated rings. The van der Waals surface area contributed by atoms with E-state index in [1.54, 1.807) is 0 Å². The summed E-state index contributed by atoms with van der Waals surface area (Å²) >= 11 is 0. The van der Waals surface area contributed by atoms with Gasteiger partial charge in [-0.05, 0) is 50.0 Å². The molecule has 0 bridgehead atoms. The average molecular weight is 266 g/mol. The second-order valence-corrected chi connectivity index (χ2v) is 4.77. The number of piperidine rings is 1. The average Bonchev–Trinajstić information content (AvgIpc) is 2.45. The third kappa shape index (κ3) is 3.67. The van der Waals surface area contributed by atoms with E-state index in [0.29, 0.717) is 17.2 Å². The van der Waals surface area contributed by atoms with Crippen molar-refractivity contribution in [1.29, 1.82) is 0 Å². The molecule has 0 saturated carbocycles. The molecule has 1 saturated heterocycles. The number of methoxy groups -OCH3 is 1. The molecule has 4 nitrogen and oxygen atoms in total. The van der Waals surface area contributed by atoms with E-state index in [1.165, 1.54) is 25.3 Å². The topological polar surface area (TPSA) is 50.4 Å². The van der Waals surface area contributed by atoms with Gasteiger partial charge in [-0.3, -0.25) is 0 Å². The van der Waals surface area contributed by atoms with Crippen molar-refractivity contribution in [2.75, 3.05) is 32.1 Å². The maximum absolute atomic E-state index is 13.3. The van der Waals surface area contributed by atoms with E-state index in [1.807, 2.05) is 0 Å². The summed E-state index contributed by atoms with van der Waals surface area (Å²) in [5, 5.41) is 6.48. The van der Waals surface area contributed by atoms with Gasteiger partial charge in [-0.15, -0.1) is 0 Å². The van der Waals surface area contributed by atoms with Crippen LogP contribution in [0.1, 0.15) is 23.2 Å². The minimum Gasteiger partial charge on any atom is -0.465 e. The molecule has 1 aromatic rings. The minimum absolute atomic E-state index is 0.364. The molecule has 0 spiro atoms. The highest BCUT2D eigenvalue weighted by Crippen LogP contribution is 2.19. The van der Waals surface area contributed by atoms with Crippen LogP contribution in [0.25, 0.3) is 0 Å². The molecule has 2 rings (SSSR count). The lowest BCUT2D eigenvalue weighted by Gasteiger charge is -2.23. The number of hydrogen-bond donors (Lipinski definition) is 2. The summed E-state index contributed by atoms with van der Waals surface area (Å²) in [6, 6.07) is 4.05. The Kier molecular flexibility index (Phi) is 4.74. The lowest BCUT2D eigenvalue weighted by molar-refractivity contribution is 0.0601. The summed E-state index contributed by atoms with van der Waals surface area (Å²) in [5.41, 5.74) is 0.866. The molecule has 0 aliphatic carbocycles. The van der Waals surface area contributed by atoms with Gasteiger partial charge < -0.3 is 15.4 Å². The lowest BCUT2D eigenvalue weighted by Crippen LogP contribution is -2.33. The number of esters is 1. The molecule has 19 heavy (non-hydrogen) atoms.